The van der Waals surface area contributed by atoms with Crippen LogP contribution in [0.1, 0.15) is 11.3 Å². The van der Waals surface area contributed by atoms with E-state index in [0.29, 0.717) is 23.8 Å². The predicted octanol–water partition coefficient (Wildman–Crippen LogP) is 3.45. The van der Waals surface area contributed by atoms with Crippen LogP contribution in [0.25, 0.3) is 5.65 Å². The zero-order valence-corrected chi connectivity index (χ0v) is 14.1. The highest BCUT2D eigenvalue weighted by Gasteiger charge is 2.03. The van der Waals surface area contributed by atoms with Gasteiger partial charge < -0.3 is 4.74 Å². The lowest BCUT2D eigenvalue weighted by molar-refractivity contribution is 0.343. The number of thioether (sulfide) groups is 1. The summed E-state index contributed by atoms with van der Waals surface area (Å²) in [5, 5.41) is 0. The molecule has 1 aromatic carbocycles. The second-order valence-corrected chi connectivity index (χ2v) is 6.48. The normalized spacial score (nSPS) is 10.9. The lowest BCUT2D eigenvalue weighted by atomic mass is 10.3. The summed E-state index contributed by atoms with van der Waals surface area (Å²) in [7, 11) is 0. The molecule has 0 radical (unpaired) electrons. The van der Waals surface area contributed by atoms with Crippen LogP contribution in [0, 0.1) is 12.7 Å². The molecule has 6 heteroatoms. The van der Waals surface area contributed by atoms with Crippen molar-refractivity contribution in [3.05, 3.63) is 76.1 Å². The first-order chi connectivity index (χ1) is 11.6. The minimum Gasteiger partial charge on any atom is -0.493 e. The van der Waals surface area contributed by atoms with Crippen LogP contribution < -0.4 is 10.3 Å². The second-order valence-electron chi connectivity index (χ2n) is 5.38. The number of fused-ring (bicyclic) bond motifs is 1. The number of aromatic nitrogens is 2. The number of pyridine rings is 1. The van der Waals surface area contributed by atoms with E-state index in [2.05, 4.69) is 4.98 Å². The zero-order chi connectivity index (χ0) is 16.9. The van der Waals surface area contributed by atoms with Crippen LogP contribution in [0.5, 0.6) is 5.75 Å². The molecule has 3 rings (SSSR count). The van der Waals surface area contributed by atoms with E-state index in [0.717, 1.165) is 17.0 Å². The highest BCUT2D eigenvalue weighted by molar-refractivity contribution is 7.98. The van der Waals surface area contributed by atoms with Crippen molar-refractivity contribution in [1.29, 1.82) is 0 Å². The molecule has 0 aliphatic heterocycles. The molecule has 3 aromatic rings. The Bertz CT molecular complexity index is 894. The molecule has 0 N–H and O–H groups in total. The van der Waals surface area contributed by atoms with Gasteiger partial charge in [-0.3, -0.25) is 9.20 Å². The topological polar surface area (TPSA) is 43.6 Å². The number of hydrogen-bond acceptors (Lipinski definition) is 4. The molecule has 4 nitrogen and oxygen atoms in total. The molecule has 0 saturated heterocycles. The molecule has 2 aromatic heterocycles. The summed E-state index contributed by atoms with van der Waals surface area (Å²) in [6, 6.07) is 11.3. The van der Waals surface area contributed by atoms with E-state index in [1.165, 1.54) is 12.1 Å². The Morgan fingerprint density at radius 1 is 1.21 bits per heavy atom. The fraction of sp³-hybridized carbons (Fsp3) is 0.222. The summed E-state index contributed by atoms with van der Waals surface area (Å²) in [5.74, 6) is 1.77. The Labute approximate surface area is 143 Å². The molecule has 0 aliphatic rings. The van der Waals surface area contributed by atoms with Gasteiger partial charge in [0.1, 0.15) is 17.2 Å². The first-order valence-corrected chi connectivity index (χ1v) is 8.72. The number of nitrogens with zero attached hydrogens (tertiary/aromatic N) is 2. The monoisotopic (exact) mass is 344 g/mol. The average molecular weight is 344 g/mol. The van der Waals surface area contributed by atoms with Gasteiger partial charge in [-0.05, 0) is 42.8 Å². The molecule has 0 bridgehead atoms. The van der Waals surface area contributed by atoms with Crippen molar-refractivity contribution in [2.45, 2.75) is 12.7 Å². The summed E-state index contributed by atoms with van der Waals surface area (Å²) in [4.78, 5) is 16.6. The third kappa shape index (κ3) is 4.14. The maximum Gasteiger partial charge on any atom is 0.258 e. The van der Waals surface area contributed by atoms with E-state index in [9.17, 15) is 9.18 Å². The van der Waals surface area contributed by atoms with Crippen LogP contribution in [-0.2, 0) is 5.75 Å². The van der Waals surface area contributed by atoms with Crippen molar-refractivity contribution in [2.24, 2.45) is 0 Å². The van der Waals surface area contributed by atoms with Gasteiger partial charge in [0.2, 0.25) is 0 Å². The van der Waals surface area contributed by atoms with E-state index < -0.39 is 0 Å². The van der Waals surface area contributed by atoms with Crippen LogP contribution in [-0.4, -0.2) is 21.7 Å². The number of rotatable bonds is 6. The Hall–Kier alpha value is -2.34. The van der Waals surface area contributed by atoms with Crippen molar-refractivity contribution >= 4 is 17.4 Å². The summed E-state index contributed by atoms with van der Waals surface area (Å²) >= 11 is 1.64. The van der Waals surface area contributed by atoms with Crippen LogP contribution in [0.2, 0.25) is 0 Å². The molecular formula is C18H17FN2O2S. The zero-order valence-electron chi connectivity index (χ0n) is 13.2. The largest absolute Gasteiger partial charge is 0.493 e. The predicted molar refractivity (Wildman–Crippen MR) is 94.3 cm³/mol. The van der Waals surface area contributed by atoms with Gasteiger partial charge in [0, 0.05) is 23.8 Å². The van der Waals surface area contributed by atoms with E-state index >= 15 is 0 Å². The Morgan fingerprint density at radius 2 is 2.00 bits per heavy atom. The van der Waals surface area contributed by atoms with Gasteiger partial charge in [-0.15, -0.1) is 0 Å². The molecule has 0 atom stereocenters. The van der Waals surface area contributed by atoms with Crippen molar-refractivity contribution < 1.29 is 9.13 Å². The fourth-order valence-corrected chi connectivity index (χ4v) is 2.96. The number of ether oxygens (including phenoxy) is 1. The van der Waals surface area contributed by atoms with Gasteiger partial charge in [0.05, 0.1) is 12.3 Å². The summed E-state index contributed by atoms with van der Waals surface area (Å²) in [6.45, 7) is 2.46. The lowest BCUT2D eigenvalue weighted by Gasteiger charge is -2.07. The van der Waals surface area contributed by atoms with E-state index in [4.69, 9.17) is 4.74 Å². The van der Waals surface area contributed by atoms with Crippen LogP contribution in [0.15, 0.2) is 53.5 Å². The second kappa shape index (κ2) is 7.49. The van der Waals surface area contributed by atoms with Crippen LogP contribution in [0.4, 0.5) is 4.39 Å². The van der Waals surface area contributed by atoms with Gasteiger partial charge in [0.15, 0.2) is 0 Å². The van der Waals surface area contributed by atoms with Crippen molar-refractivity contribution in [3.63, 3.8) is 0 Å². The quantitative estimate of drug-likeness (QED) is 0.643. The van der Waals surface area contributed by atoms with Gasteiger partial charge in [0.25, 0.3) is 5.56 Å². The SMILES string of the molecule is Cc1ccc2nc(CSCCOc3ccc(F)cc3)cc(=O)n2c1. The third-order valence-corrected chi connectivity index (χ3v) is 4.38. The minimum absolute atomic E-state index is 0.0677. The maximum atomic E-state index is 12.8. The van der Waals surface area contributed by atoms with E-state index in [1.807, 2.05) is 19.1 Å². The maximum absolute atomic E-state index is 12.8. The molecule has 0 unspecified atom stereocenters. The number of aryl methyl sites for hydroxylation is 1. The molecule has 0 saturated carbocycles. The van der Waals surface area contributed by atoms with Crippen LogP contribution >= 0.6 is 11.8 Å². The van der Waals surface area contributed by atoms with Gasteiger partial charge in [-0.2, -0.15) is 11.8 Å². The summed E-state index contributed by atoms with van der Waals surface area (Å²) < 4.78 is 19.9. The van der Waals surface area contributed by atoms with Gasteiger partial charge >= 0.3 is 0 Å². The first-order valence-electron chi connectivity index (χ1n) is 7.57. The standard InChI is InChI=1S/C18H17FN2O2S/c1-13-2-7-17-20-15(10-18(22)21(17)11-13)12-24-9-8-23-16-5-3-14(19)4-6-16/h2-7,10-11H,8-9,12H2,1H3. The molecule has 2 heterocycles. The smallest absolute Gasteiger partial charge is 0.258 e. The van der Waals surface area contributed by atoms with Crippen LogP contribution in [0.3, 0.4) is 0 Å². The number of benzene rings is 1. The fourth-order valence-electron chi connectivity index (χ4n) is 2.26. The molecule has 124 valence electrons. The van der Waals surface area contributed by atoms with E-state index in [1.54, 1.807) is 40.6 Å². The summed E-state index contributed by atoms with van der Waals surface area (Å²) in [5.41, 5.74) is 2.37. The minimum atomic E-state index is -0.277. The Balaban J connectivity index is 1.53. The van der Waals surface area contributed by atoms with Gasteiger partial charge in [-0.1, -0.05) is 6.07 Å². The summed E-state index contributed by atoms with van der Waals surface area (Å²) in [6.07, 6.45) is 1.79. The molecular weight excluding hydrogens is 327 g/mol. The van der Waals surface area contributed by atoms with E-state index in [-0.39, 0.29) is 11.4 Å². The molecule has 24 heavy (non-hydrogen) atoms. The first kappa shape index (κ1) is 16.5. The Morgan fingerprint density at radius 3 is 2.79 bits per heavy atom. The highest BCUT2D eigenvalue weighted by atomic mass is 32.2. The van der Waals surface area contributed by atoms with Crippen molar-refractivity contribution in [1.82, 2.24) is 9.38 Å². The van der Waals surface area contributed by atoms with Gasteiger partial charge in [-0.25, -0.2) is 9.37 Å². The Kier molecular flexibility index (Phi) is 5.15. The average Bonchev–Trinajstić information content (AvgIpc) is 2.57. The van der Waals surface area contributed by atoms with Crippen molar-refractivity contribution in [3.8, 4) is 5.75 Å². The number of hydrogen-bond donors (Lipinski definition) is 0. The molecule has 0 aliphatic carbocycles. The molecule has 0 amide bonds. The van der Waals surface area contributed by atoms with Crippen molar-refractivity contribution in [2.75, 3.05) is 12.4 Å². The lowest BCUT2D eigenvalue weighted by Crippen LogP contribution is -2.15. The molecule has 0 fully saturated rings. The molecule has 0 spiro atoms. The third-order valence-electron chi connectivity index (χ3n) is 3.42. The number of halogens is 1. The highest BCUT2D eigenvalue weighted by Crippen LogP contribution is 2.13.